The van der Waals surface area contributed by atoms with E-state index in [-0.39, 0.29) is 5.91 Å². The Labute approximate surface area is 161 Å². The molecule has 132 valence electrons. The maximum Gasteiger partial charge on any atom is 0.272 e. The van der Waals surface area contributed by atoms with E-state index in [1.807, 2.05) is 59.8 Å². The van der Waals surface area contributed by atoms with E-state index in [1.165, 1.54) is 11.3 Å². The number of nitrogens with zero attached hydrogens (tertiary/aromatic N) is 2. The summed E-state index contributed by atoms with van der Waals surface area (Å²) in [6.45, 7) is 1.43. The molecule has 1 aliphatic heterocycles. The molecule has 2 aromatic carbocycles. The molecule has 0 unspecified atom stereocenters. The highest BCUT2D eigenvalue weighted by Gasteiger charge is 2.28. The Bertz CT molecular complexity index is 956. The van der Waals surface area contributed by atoms with Gasteiger partial charge in [-0.05, 0) is 41.8 Å². The normalized spacial score (nSPS) is 13.5. The number of para-hydroxylation sites is 2. The first-order chi connectivity index (χ1) is 12.6. The SMILES string of the molecule is CN1CCN(C(=O)c2sccc2Oc2cccc(Cl)c2)c2ccccc21. The summed E-state index contributed by atoms with van der Waals surface area (Å²) < 4.78 is 5.92. The zero-order valence-electron chi connectivity index (χ0n) is 14.2. The average Bonchev–Trinajstić information content (AvgIpc) is 3.10. The molecule has 1 aliphatic rings. The molecule has 6 heteroatoms. The van der Waals surface area contributed by atoms with Gasteiger partial charge in [-0.2, -0.15) is 0 Å². The number of fused-ring (bicyclic) bond motifs is 1. The number of carbonyl (C=O) groups is 1. The smallest absolute Gasteiger partial charge is 0.272 e. The molecule has 2 heterocycles. The lowest BCUT2D eigenvalue weighted by Gasteiger charge is -2.35. The summed E-state index contributed by atoms with van der Waals surface area (Å²) in [6.07, 6.45) is 0. The van der Waals surface area contributed by atoms with Crippen LogP contribution in [0.15, 0.2) is 60.0 Å². The molecule has 0 aliphatic carbocycles. The Kier molecular flexibility index (Phi) is 4.57. The molecule has 4 nitrogen and oxygen atoms in total. The van der Waals surface area contributed by atoms with Crippen LogP contribution in [0, 0.1) is 0 Å². The van der Waals surface area contributed by atoms with Gasteiger partial charge in [0.1, 0.15) is 10.6 Å². The van der Waals surface area contributed by atoms with E-state index in [4.69, 9.17) is 16.3 Å². The van der Waals surface area contributed by atoms with Gasteiger partial charge in [-0.3, -0.25) is 4.79 Å². The zero-order chi connectivity index (χ0) is 18.1. The fraction of sp³-hybridized carbons (Fsp3) is 0.150. The topological polar surface area (TPSA) is 32.8 Å². The predicted molar refractivity (Wildman–Crippen MR) is 107 cm³/mol. The molecule has 0 saturated heterocycles. The summed E-state index contributed by atoms with van der Waals surface area (Å²) in [6, 6.07) is 16.9. The van der Waals surface area contributed by atoms with Crippen LogP contribution in [-0.4, -0.2) is 26.0 Å². The maximum atomic E-state index is 13.2. The van der Waals surface area contributed by atoms with Crippen LogP contribution in [-0.2, 0) is 0 Å². The molecule has 1 aromatic heterocycles. The molecule has 3 aromatic rings. The van der Waals surface area contributed by atoms with Crippen molar-refractivity contribution in [2.45, 2.75) is 0 Å². The molecule has 4 rings (SSSR count). The second-order valence-corrected chi connectivity index (χ2v) is 7.39. The molecule has 1 amide bonds. The Balaban J connectivity index is 1.64. The van der Waals surface area contributed by atoms with Crippen LogP contribution in [0.2, 0.25) is 5.02 Å². The van der Waals surface area contributed by atoms with Crippen LogP contribution in [0.4, 0.5) is 11.4 Å². The largest absolute Gasteiger partial charge is 0.456 e. The van der Waals surface area contributed by atoms with Crippen molar-refractivity contribution >= 4 is 40.2 Å². The molecule has 0 saturated carbocycles. The van der Waals surface area contributed by atoms with E-state index < -0.39 is 0 Å². The molecule has 0 spiro atoms. The third-order valence-corrected chi connectivity index (χ3v) is 5.45. The zero-order valence-corrected chi connectivity index (χ0v) is 15.8. The predicted octanol–water partition coefficient (Wildman–Crippen LogP) is 5.29. The van der Waals surface area contributed by atoms with Gasteiger partial charge in [0.25, 0.3) is 5.91 Å². The highest BCUT2D eigenvalue weighted by Crippen LogP contribution is 2.36. The number of thiophene rings is 1. The van der Waals surface area contributed by atoms with Crippen molar-refractivity contribution in [2.75, 3.05) is 29.9 Å². The van der Waals surface area contributed by atoms with E-state index >= 15 is 0 Å². The number of rotatable bonds is 3. The average molecular weight is 385 g/mol. The van der Waals surface area contributed by atoms with Crippen LogP contribution in [0.25, 0.3) is 0 Å². The number of likely N-dealkylation sites (N-methyl/N-ethyl adjacent to an activating group) is 1. The number of ether oxygens (including phenoxy) is 1. The fourth-order valence-corrected chi connectivity index (χ4v) is 3.98. The molecular weight excluding hydrogens is 368 g/mol. The minimum atomic E-state index is -0.0439. The minimum Gasteiger partial charge on any atom is -0.456 e. The highest BCUT2D eigenvalue weighted by atomic mass is 35.5. The van der Waals surface area contributed by atoms with Gasteiger partial charge in [0.2, 0.25) is 0 Å². The maximum absolute atomic E-state index is 13.2. The molecular formula is C20H17ClN2O2S. The molecule has 0 fully saturated rings. The van der Waals surface area contributed by atoms with E-state index in [1.54, 1.807) is 12.1 Å². The van der Waals surface area contributed by atoms with Gasteiger partial charge in [-0.25, -0.2) is 0 Å². The van der Waals surface area contributed by atoms with Crippen molar-refractivity contribution in [3.8, 4) is 11.5 Å². The Morgan fingerprint density at radius 1 is 1.08 bits per heavy atom. The second-order valence-electron chi connectivity index (χ2n) is 6.04. The lowest BCUT2D eigenvalue weighted by Crippen LogP contribution is -2.42. The van der Waals surface area contributed by atoms with Crippen molar-refractivity contribution in [2.24, 2.45) is 0 Å². The summed E-state index contributed by atoms with van der Waals surface area (Å²) in [5.74, 6) is 1.12. The quantitative estimate of drug-likeness (QED) is 0.615. The fourth-order valence-electron chi connectivity index (χ4n) is 3.03. The summed E-state index contributed by atoms with van der Waals surface area (Å²) in [7, 11) is 2.04. The summed E-state index contributed by atoms with van der Waals surface area (Å²) in [4.78, 5) is 17.8. The number of benzene rings is 2. The van der Waals surface area contributed by atoms with Crippen molar-refractivity contribution in [3.63, 3.8) is 0 Å². The van der Waals surface area contributed by atoms with Gasteiger partial charge in [0, 0.05) is 25.2 Å². The monoisotopic (exact) mass is 384 g/mol. The summed E-state index contributed by atoms with van der Waals surface area (Å²) >= 11 is 7.41. The van der Waals surface area contributed by atoms with Crippen molar-refractivity contribution in [1.29, 1.82) is 0 Å². The van der Waals surface area contributed by atoms with Crippen LogP contribution < -0.4 is 14.5 Å². The number of hydrogen-bond donors (Lipinski definition) is 0. The summed E-state index contributed by atoms with van der Waals surface area (Å²) in [5, 5.41) is 2.47. The van der Waals surface area contributed by atoms with Crippen LogP contribution in [0.5, 0.6) is 11.5 Å². The molecule has 0 bridgehead atoms. The lowest BCUT2D eigenvalue weighted by molar-refractivity contribution is 0.0988. The standard InChI is InChI=1S/C20H17ClN2O2S/c1-22-10-11-23(17-8-3-2-7-16(17)22)20(24)19-18(9-12-26-19)25-15-6-4-5-14(21)13-15/h2-9,12-13H,10-11H2,1H3. The van der Waals surface area contributed by atoms with Gasteiger partial charge in [-0.15, -0.1) is 11.3 Å². The third-order valence-electron chi connectivity index (χ3n) is 4.34. The van der Waals surface area contributed by atoms with Crippen molar-refractivity contribution in [1.82, 2.24) is 0 Å². The number of hydrogen-bond acceptors (Lipinski definition) is 4. The molecule has 26 heavy (non-hydrogen) atoms. The first kappa shape index (κ1) is 16.9. The van der Waals surface area contributed by atoms with Gasteiger partial charge in [0.05, 0.1) is 11.4 Å². The number of halogens is 1. The van der Waals surface area contributed by atoms with Crippen LogP contribution in [0.3, 0.4) is 0 Å². The van der Waals surface area contributed by atoms with E-state index in [0.29, 0.717) is 27.9 Å². The summed E-state index contributed by atoms with van der Waals surface area (Å²) in [5.41, 5.74) is 1.98. The molecule has 0 atom stereocenters. The number of amides is 1. The Morgan fingerprint density at radius 3 is 2.69 bits per heavy atom. The molecule has 0 N–H and O–H groups in total. The highest BCUT2D eigenvalue weighted by molar-refractivity contribution is 7.12. The van der Waals surface area contributed by atoms with Crippen LogP contribution >= 0.6 is 22.9 Å². The first-order valence-electron chi connectivity index (χ1n) is 8.26. The third kappa shape index (κ3) is 3.16. The van der Waals surface area contributed by atoms with Gasteiger partial charge >= 0.3 is 0 Å². The first-order valence-corrected chi connectivity index (χ1v) is 9.52. The Morgan fingerprint density at radius 2 is 1.88 bits per heavy atom. The van der Waals surface area contributed by atoms with Gasteiger partial charge < -0.3 is 14.5 Å². The van der Waals surface area contributed by atoms with E-state index in [9.17, 15) is 4.79 Å². The van der Waals surface area contributed by atoms with Crippen LogP contribution in [0.1, 0.15) is 9.67 Å². The second kappa shape index (κ2) is 7.02. The van der Waals surface area contributed by atoms with Gasteiger partial charge in [0.15, 0.2) is 5.75 Å². The molecule has 0 radical (unpaired) electrons. The van der Waals surface area contributed by atoms with Gasteiger partial charge in [-0.1, -0.05) is 29.8 Å². The van der Waals surface area contributed by atoms with Crippen molar-refractivity contribution < 1.29 is 9.53 Å². The number of carbonyl (C=O) groups excluding carboxylic acids is 1. The van der Waals surface area contributed by atoms with Crippen molar-refractivity contribution in [3.05, 3.63) is 69.9 Å². The number of anilines is 2. The minimum absolute atomic E-state index is 0.0439. The Hall–Kier alpha value is -2.50. The lowest BCUT2D eigenvalue weighted by atomic mass is 10.1. The van der Waals surface area contributed by atoms with E-state index in [0.717, 1.165) is 17.9 Å². The van der Waals surface area contributed by atoms with E-state index in [2.05, 4.69) is 4.90 Å².